The van der Waals surface area contributed by atoms with Crippen LogP contribution in [0.25, 0.3) is 11.1 Å². The highest BCUT2D eigenvalue weighted by Crippen LogP contribution is 2.43. The second-order valence-electron chi connectivity index (χ2n) is 6.90. The molecular weight excluding hydrogens is 262 g/mol. The normalized spacial score (nSPS) is 17.7. The average Bonchev–Trinajstić information content (AvgIpc) is 3.02. The van der Waals surface area contributed by atoms with Crippen molar-refractivity contribution in [3.8, 4) is 0 Å². The molecule has 0 bridgehead atoms. The highest BCUT2D eigenvalue weighted by molar-refractivity contribution is 5.78. The Hall–Kier alpha value is -1.71. The van der Waals surface area contributed by atoms with Crippen molar-refractivity contribution in [2.45, 2.75) is 46.0 Å². The molecular formula is C17H25N3O. The molecule has 1 aliphatic rings. The van der Waals surface area contributed by atoms with Crippen molar-refractivity contribution in [1.29, 1.82) is 0 Å². The van der Waals surface area contributed by atoms with E-state index in [-0.39, 0.29) is 0 Å². The molecule has 1 aliphatic carbocycles. The van der Waals surface area contributed by atoms with Crippen LogP contribution in [-0.2, 0) is 0 Å². The van der Waals surface area contributed by atoms with Gasteiger partial charge in [-0.05, 0) is 42.7 Å². The topological polar surface area (TPSA) is 64.1 Å². The van der Waals surface area contributed by atoms with E-state index in [0.717, 1.165) is 23.6 Å². The first-order valence-corrected chi connectivity index (χ1v) is 7.96. The lowest BCUT2D eigenvalue weighted by Gasteiger charge is -2.30. The monoisotopic (exact) mass is 287 g/mol. The summed E-state index contributed by atoms with van der Waals surface area (Å²) in [5.74, 6) is 0.730. The molecule has 0 saturated heterocycles. The van der Waals surface area contributed by atoms with Crippen molar-refractivity contribution in [2.75, 3.05) is 17.6 Å². The van der Waals surface area contributed by atoms with Gasteiger partial charge < -0.3 is 15.5 Å². The fourth-order valence-electron chi connectivity index (χ4n) is 3.72. The Labute approximate surface area is 126 Å². The second-order valence-corrected chi connectivity index (χ2v) is 6.90. The highest BCUT2D eigenvalue weighted by atomic mass is 16.4. The zero-order chi connectivity index (χ0) is 14.9. The van der Waals surface area contributed by atoms with E-state index in [1.165, 1.54) is 32.1 Å². The Kier molecular flexibility index (Phi) is 3.79. The predicted molar refractivity (Wildman–Crippen MR) is 87.3 cm³/mol. The number of anilines is 2. The fraction of sp³-hybridized carbons (Fsp3) is 0.588. The van der Waals surface area contributed by atoms with Gasteiger partial charge in [0.05, 0.1) is 0 Å². The van der Waals surface area contributed by atoms with Crippen LogP contribution in [0.3, 0.4) is 0 Å². The minimum atomic E-state index is 0.411. The molecule has 4 heteroatoms. The van der Waals surface area contributed by atoms with Gasteiger partial charge in [0, 0.05) is 18.3 Å². The molecule has 1 saturated carbocycles. The molecule has 1 aromatic heterocycles. The van der Waals surface area contributed by atoms with E-state index in [4.69, 9.17) is 10.2 Å². The number of nitrogens with two attached hydrogens (primary N) is 1. The van der Waals surface area contributed by atoms with Crippen LogP contribution >= 0.6 is 0 Å². The molecule has 2 aromatic rings. The smallest absolute Gasteiger partial charge is 0.295 e. The van der Waals surface area contributed by atoms with E-state index in [1.807, 2.05) is 18.2 Å². The molecule has 21 heavy (non-hydrogen) atoms. The molecule has 1 fully saturated rings. The second kappa shape index (κ2) is 5.58. The molecule has 1 aromatic carbocycles. The van der Waals surface area contributed by atoms with Crippen LogP contribution < -0.4 is 11.1 Å². The zero-order valence-corrected chi connectivity index (χ0v) is 13.0. The number of benzene rings is 1. The van der Waals surface area contributed by atoms with E-state index in [2.05, 4.69) is 24.1 Å². The van der Waals surface area contributed by atoms with Gasteiger partial charge in [0.2, 0.25) is 0 Å². The van der Waals surface area contributed by atoms with Crippen LogP contribution in [0.15, 0.2) is 22.6 Å². The Morgan fingerprint density at radius 3 is 2.81 bits per heavy atom. The number of rotatable bonds is 5. The largest absolute Gasteiger partial charge is 0.423 e. The lowest BCUT2D eigenvalue weighted by Crippen LogP contribution is -2.28. The van der Waals surface area contributed by atoms with Crippen LogP contribution in [0.2, 0.25) is 0 Å². The summed E-state index contributed by atoms with van der Waals surface area (Å²) in [5.41, 5.74) is 8.50. The maximum atomic E-state index is 5.77. The minimum Gasteiger partial charge on any atom is -0.423 e. The maximum absolute atomic E-state index is 5.77. The van der Waals surface area contributed by atoms with Crippen LogP contribution in [0.4, 0.5) is 11.7 Å². The minimum absolute atomic E-state index is 0.411. The predicted octanol–water partition coefficient (Wildman–Crippen LogP) is 4.43. The average molecular weight is 287 g/mol. The number of hydrogen-bond donors (Lipinski definition) is 2. The standard InChI is InChI=1S/C17H25N3O/c1-12(2)10-17(7-3-4-8-17)11-19-16-20-14-6-5-13(18)9-15(14)21-16/h5-6,9,12H,3-4,7-8,10-11,18H2,1-2H3,(H,19,20). The number of nitrogens with zero attached hydrogens (tertiary/aromatic N) is 1. The van der Waals surface area contributed by atoms with Gasteiger partial charge >= 0.3 is 0 Å². The summed E-state index contributed by atoms with van der Waals surface area (Å²) in [6.45, 7) is 5.57. The maximum Gasteiger partial charge on any atom is 0.295 e. The molecule has 3 N–H and O–H groups in total. The van der Waals surface area contributed by atoms with Crippen LogP contribution in [0, 0.1) is 11.3 Å². The summed E-state index contributed by atoms with van der Waals surface area (Å²) in [7, 11) is 0. The summed E-state index contributed by atoms with van der Waals surface area (Å²) >= 11 is 0. The van der Waals surface area contributed by atoms with Crippen molar-refractivity contribution < 1.29 is 4.42 Å². The number of oxazole rings is 1. The van der Waals surface area contributed by atoms with Gasteiger partial charge in [0.15, 0.2) is 5.58 Å². The van der Waals surface area contributed by atoms with Gasteiger partial charge in [-0.3, -0.25) is 0 Å². The molecule has 4 nitrogen and oxygen atoms in total. The van der Waals surface area contributed by atoms with Crippen molar-refractivity contribution in [3.05, 3.63) is 18.2 Å². The van der Waals surface area contributed by atoms with Crippen molar-refractivity contribution >= 4 is 22.8 Å². The van der Waals surface area contributed by atoms with Gasteiger partial charge in [-0.15, -0.1) is 0 Å². The zero-order valence-electron chi connectivity index (χ0n) is 13.0. The van der Waals surface area contributed by atoms with Crippen molar-refractivity contribution in [2.24, 2.45) is 11.3 Å². The summed E-state index contributed by atoms with van der Waals surface area (Å²) in [5, 5.41) is 3.42. The van der Waals surface area contributed by atoms with Gasteiger partial charge in [0.1, 0.15) is 5.52 Å². The molecule has 0 spiro atoms. The number of hydrogen-bond acceptors (Lipinski definition) is 4. The van der Waals surface area contributed by atoms with E-state index < -0.39 is 0 Å². The third-order valence-corrected chi connectivity index (χ3v) is 4.53. The van der Waals surface area contributed by atoms with Gasteiger partial charge in [-0.25, -0.2) is 0 Å². The van der Waals surface area contributed by atoms with Crippen molar-refractivity contribution in [1.82, 2.24) is 4.98 Å². The Morgan fingerprint density at radius 1 is 1.33 bits per heavy atom. The number of fused-ring (bicyclic) bond motifs is 1. The molecule has 0 amide bonds. The van der Waals surface area contributed by atoms with E-state index in [0.29, 0.717) is 17.1 Å². The first-order valence-electron chi connectivity index (χ1n) is 7.96. The summed E-state index contributed by atoms with van der Waals surface area (Å²) in [6, 6.07) is 6.20. The lowest BCUT2D eigenvalue weighted by molar-refractivity contribution is 0.251. The Bertz CT molecular complexity index is 612. The van der Waals surface area contributed by atoms with Gasteiger partial charge in [0.25, 0.3) is 6.01 Å². The van der Waals surface area contributed by atoms with E-state index in [9.17, 15) is 0 Å². The third kappa shape index (κ3) is 3.14. The van der Waals surface area contributed by atoms with Crippen molar-refractivity contribution in [3.63, 3.8) is 0 Å². The number of nitrogen functional groups attached to an aromatic ring is 1. The summed E-state index contributed by atoms with van der Waals surface area (Å²) < 4.78 is 5.76. The Morgan fingerprint density at radius 2 is 2.10 bits per heavy atom. The van der Waals surface area contributed by atoms with E-state index in [1.54, 1.807) is 0 Å². The molecule has 0 radical (unpaired) electrons. The van der Waals surface area contributed by atoms with Gasteiger partial charge in [-0.1, -0.05) is 26.7 Å². The Balaban J connectivity index is 1.72. The quantitative estimate of drug-likeness (QED) is 0.798. The van der Waals surface area contributed by atoms with E-state index >= 15 is 0 Å². The van der Waals surface area contributed by atoms with Crippen LogP contribution in [0.5, 0.6) is 0 Å². The first-order chi connectivity index (χ1) is 10.1. The summed E-state index contributed by atoms with van der Waals surface area (Å²) in [4.78, 5) is 4.49. The van der Waals surface area contributed by atoms with Crippen LogP contribution in [0.1, 0.15) is 46.0 Å². The molecule has 3 rings (SSSR count). The number of nitrogens with one attached hydrogen (secondary N) is 1. The van der Waals surface area contributed by atoms with Gasteiger partial charge in [-0.2, -0.15) is 4.98 Å². The molecule has 0 atom stereocenters. The lowest BCUT2D eigenvalue weighted by atomic mass is 9.78. The molecule has 1 heterocycles. The molecule has 0 unspecified atom stereocenters. The third-order valence-electron chi connectivity index (χ3n) is 4.53. The summed E-state index contributed by atoms with van der Waals surface area (Å²) in [6.07, 6.45) is 6.58. The molecule has 114 valence electrons. The highest BCUT2D eigenvalue weighted by Gasteiger charge is 2.34. The molecule has 0 aliphatic heterocycles. The number of aromatic nitrogens is 1. The fourth-order valence-corrected chi connectivity index (χ4v) is 3.72. The van der Waals surface area contributed by atoms with Crippen LogP contribution in [-0.4, -0.2) is 11.5 Å². The first kappa shape index (κ1) is 14.2. The SMILES string of the molecule is CC(C)CC1(CNc2nc3ccc(N)cc3o2)CCCC1.